The van der Waals surface area contributed by atoms with Gasteiger partial charge in [-0.1, -0.05) is 26.0 Å². The molecule has 4 nitrogen and oxygen atoms in total. The second-order valence-electron chi connectivity index (χ2n) is 8.20. The van der Waals surface area contributed by atoms with E-state index in [2.05, 4.69) is 43.5 Å². The van der Waals surface area contributed by atoms with Crippen LogP contribution >= 0.6 is 12.4 Å². The lowest BCUT2D eigenvalue weighted by Crippen LogP contribution is -2.34. The number of carbonyl (C=O) groups excluding carboxylic acids is 1. The van der Waals surface area contributed by atoms with Gasteiger partial charge in [0.1, 0.15) is 5.75 Å². The molecule has 5 heteroatoms. The quantitative estimate of drug-likeness (QED) is 0.748. The van der Waals surface area contributed by atoms with Crippen molar-refractivity contribution in [1.82, 2.24) is 10.6 Å². The third-order valence-electron chi connectivity index (χ3n) is 5.81. The molecule has 1 saturated heterocycles. The van der Waals surface area contributed by atoms with Gasteiger partial charge >= 0.3 is 0 Å². The average Bonchev–Trinajstić information content (AvgIpc) is 3.29. The molecule has 3 rings (SSSR count). The van der Waals surface area contributed by atoms with Gasteiger partial charge in [0.15, 0.2) is 0 Å². The molecule has 1 spiro atoms. The molecule has 2 unspecified atom stereocenters. The Kier molecular flexibility index (Phi) is 7.36. The molecule has 2 atom stereocenters. The molecule has 0 bridgehead atoms. The largest absolute Gasteiger partial charge is 0.494 e. The summed E-state index contributed by atoms with van der Waals surface area (Å²) in [5, 5.41) is 6.60. The number of halogens is 1. The molecule has 1 aromatic carbocycles. The molecule has 1 aliphatic heterocycles. The zero-order valence-corrected chi connectivity index (χ0v) is 17.0. The Bertz CT molecular complexity index is 582. The Morgan fingerprint density at radius 1 is 1.23 bits per heavy atom. The minimum Gasteiger partial charge on any atom is -0.494 e. The molecule has 0 radical (unpaired) electrons. The lowest BCUT2D eigenvalue weighted by atomic mass is 9.91. The number of ether oxygens (including phenoxy) is 1. The summed E-state index contributed by atoms with van der Waals surface area (Å²) in [6.07, 6.45) is 4.41. The highest BCUT2D eigenvalue weighted by Gasteiger charge is 2.57. The van der Waals surface area contributed by atoms with Crippen molar-refractivity contribution in [2.24, 2.45) is 17.3 Å². The van der Waals surface area contributed by atoms with Gasteiger partial charge < -0.3 is 15.4 Å². The lowest BCUT2D eigenvalue weighted by molar-refractivity contribution is -0.123. The molecule has 2 N–H and O–H groups in total. The zero-order chi connectivity index (χ0) is 17.9. The monoisotopic (exact) mass is 380 g/mol. The smallest absolute Gasteiger partial charge is 0.224 e. The fourth-order valence-corrected chi connectivity index (χ4v) is 3.86. The summed E-state index contributed by atoms with van der Waals surface area (Å²) in [7, 11) is 0. The van der Waals surface area contributed by atoms with Crippen molar-refractivity contribution in [3.8, 4) is 5.75 Å². The molecule has 26 heavy (non-hydrogen) atoms. The van der Waals surface area contributed by atoms with Gasteiger partial charge in [-0.25, -0.2) is 0 Å². The fourth-order valence-electron chi connectivity index (χ4n) is 3.86. The zero-order valence-electron chi connectivity index (χ0n) is 16.2. The molecule has 1 saturated carbocycles. The molecule has 0 aromatic heterocycles. The van der Waals surface area contributed by atoms with Crippen LogP contribution in [0.25, 0.3) is 0 Å². The highest BCUT2D eigenvalue weighted by molar-refractivity contribution is 5.85. The number of rotatable bonds is 7. The van der Waals surface area contributed by atoms with Crippen molar-refractivity contribution in [1.29, 1.82) is 0 Å². The van der Waals surface area contributed by atoms with E-state index in [1.165, 1.54) is 0 Å². The van der Waals surface area contributed by atoms with Gasteiger partial charge in [-0.3, -0.25) is 4.79 Å². The Labute approximate surface area is 163 Å². The van der Waals surface area contributed by atoms with Gasteiger partial charge in [-0.2, -0.15) is 0 Å². The third-order valence-corrected chi connectivity index (χ3v) is 5.81. The maximum atomic E-state index is 12.6. The highest BCUT2D eigenvalue weighted by Crippen LogP contribution is 2.58. The summed E-state index contributed by atoms with van der Waals surface area (Å²) in [6, 6.07) is 8.16. The molecule has 1 amide bonds. The van der Waals surface area contributed by atoms with Crippen LogP contribution in [0.15, 0.2) is 24.3 Å². The number of nitrogens with one attached hydrogen (secondary N) is 2. The maximum Gasteiger partial charge on any atom is 0.224 e. The van der Waals surface area contributed by atoms with Crippen LogP contribution in [0.5, 0.6) is 5.75 Å². The van der Waals surface area contributed by atoms with Crippen LogP contribution < -0.4 is 15.4 Å². The van der Waals surface area contributed by atoms with Gasteiger partial charge in [0.05, 0.1) is 12.6 Å². The minimum atomic E-state index is 0. The molecular weight excluding hydrogens is 348 g/mol. The van der Waals surface area contributed by atoms with Crippen molar-refractivity contribution >= 4 is 18.3 Å². The molecular formula is C21H33ClN2O2. The van der Waals surface area contributed by atoms with Crippen molar-refractivity contribution in [2.75, 3.05) is 19.7 Å². The summed E-state index contributed by atoms with van der Waals surface area (Å²) in [5.74, 6) is 2.00. The number of piperidine rings is 1. The fraction of sp³-hybridized carbons (Fsp3) is 0.667. The van der Waals surface area contributed by atoms with Crippen LogP contribution in [-0.4, -0.2) is 25.6 Å². The number of carbonyl (C=O) groups is 1. The van der Waals surface area contributed by atoms with E-state index < -0.39 is 0 Å². The van der Waals surface area contributed by atoms with Gasteiger partial charge in [-0.05, 0) is 74.7 Å². The summed E-state index contributed by atoms with van der Waals surface area (Å²) in [4.78, 5) is 12.6. The van der Waals surface area contributed by atoms with Gasteiger partial charge in [0.2, 0.25) is 5.91 Å². The maximum absolute atomic E-state index is 12.6. The second-order valence-corrected chi connectivity index (χ2v) is 8.20. The molecule has 1 heterocycles. The molecule has 2 fully saturated rings. The number of amides is 1. The summed E-state index contributed by atoms with van der Waals surface area (Å²) < 4.78 is 5.76. The number of hydrogen-bond acceptors (Lipinski definition) is 3. The molecule has 1 aromatic rings. The second kappa shape index (κ2) is 9.09. The van der Waals surface area contributed by atoms with Crippen LogP contribution in [0.4, 0.5) is 0 Å². The van der Waals surface area contributed by atoms with Gasteiger partial charge in [0, 0.05) is 5.92 Å². The first-order chi connectivity index (χ1) is 12.0. The first-order valence-electron chi connectivity index (χ1n) is 9.74. The van der Waals surface area contributed by atoms with E-state index in [1.807, 2.05) is 12.1 Å². The average molecular weight is 381 g/mol. The van der Waals surface area contributed by atoms with Crippen LogP contribution in [-0.2, 0) is 4.79 Å². The Morgan fingerprint density at radius 2 is 1.88 bits per heavy atom. The van der Waals surface area contributed by atoms with Gasteiger partial charge in [-0.15, -0.1) is 12.4 Å². The van der Waals surface area contributed by atoms with E-state index in [9.17, 15) is 4.79 Å². The topological polar surface area (TPSA) is 50.4 Å². The van der Waals surface area contributed by atoms with E-state index in [-0.39, 0.29) is 30.3 Å². The van der Waals surface area contributed by atoms with Crippen LogP contribution in [0, 0.1) is 17.3 Å². The Hall–Kier alpha value is -1.26. The van der Waals surface area contributed by atoms with Crippen LogP contribution in [0.2, 0.25) is 0 Å². The summed E-state index contributed by atoms with van der Waals surface area (Å²) in [5.41, 5.74) is 1.42. The van der Waals surface area contributed by atoms with Crippen molar-refractivity contribution in [3.63, 3.8) is 0 Å². The van der Waals surface area contributed by atoms with E-state index >= 15 is 0 Å². The first kappa shape index (κ1) is 21.0. The number of benzene rings is 1. The predicted molar refractivity (Wildman–Crippen MR) is 108 cm³/mol. The minimum absolute atomic E-state index is 0. The highest BCUT2D eigenvalue weighted by atomic mass is 35.5. The van der Waals surface area contributed by atoms with E-state index in [4.69, 9.17) is 4.74 Å². The van der Waals surface area contributed by atoms with Crippen LogP contribution in [0.1, 0.15) is 58.1 Å². The van der Waals surface area contributed by atoms with Crippen molar-refractivity contribution in [2.45, 2.75) is 52.5 Å². The van der Waals surface area contributed by atoms with E-state index in [0.29, 0.717) is 11.3 Å². The van der Waals surface area contributed by atoms with Crippen LogP contribution in [0.3, 0.4) is 0 Å². The van der Waals surface area contributed by atoms with Crippen molar-refractivity contribution < 1.29 is 9.53 Å². The first-order valence-corrected chi connectivity index (χ1v) is 9.74. The van der Waals surface area contributed by atoms with Gasteiger partial charge in [0.25, 0.3) is 0 Å². The standard InChI is InChI=1S/C21H32N2O2.ClH/c1-15(2)8-13-25-18-6-4-17(5-7-18)16(3)23-20(24)19-14-21(19)9-11-22-12-10-21;/h4-7,15-16,19,22H,8-14H2,1-3H3,(H,23,24);1H. The lowest BCUT2D eigenvalue weighted by Gasteiger charge is -2.24. The summed E-state index contributed by atoms with van der Waals surface area (Å²) in [6.45, 7) is 9.32. The Balaban J connectivity index is 0.00000243. The number of hydrogen-bond donors (Lipinski definition) is 2. The van der Waals surface area contributed by atoms with E-state index in [1.54, 1.807) is 0 Å². The van der Waals surface area contributed by atoms with Crippen molar-refractivity contribution in [3.05, 3.63) is 29.8 Å². The van der Waals surface area contributed by atoms with E-state index in [0.717, 1.165) is 56.7 Å². The Morgan fingerprint density at radius 3 is 2.50 bits per heavy atom. The molecule has 1 aliphatic carbocycles. The normalized spacial score (nSPS) is 21.8. The molecule has 2 aliphatic rings. The summed E-state index contributed by atoms with van der Waals surface area (Å²) >= 11 is 0. The SMILES string of the molecule is CC(C)CCOc1ccc(C(C)NC(=O)C2CC23CCNCC3)cc1.Cl. The predicted octanol–water partition coefficient (Wildman–Crippen LogP) is 4.10. The molecule has 146 valence electrons. The third kappa shape index (κ3) is 5.14.